The summed E-state index contributed by atoms with van der Waals surface area (Å²) in [5.41, 5.74) is 0.893. The smallest absolute Gasteiger partial charge is 0.233 e. The van der Waals surface area contributed by atoms with E-state index in [0.29, 0.717) is 36.4 Å². The van der Waals surface area contributed by atoms with Crippen LogP contribution in [0.5, 0.6) is 5.75 Å². The monoisotopic (exact) mass is 468 g/mol. The molecule has 1 aliphatic heterocycles. The van der Waals surface area contributed by atoms with Gasteiger partial charge in [0.05, 0.1) is 44.4 Å². The standard InChI is InChI=1S/C24H28N4O4S/c1-30-18-7-4-6-17(14-18)23-25-26-24(28(23)15-19-8-5-12-31-19)33-16-22(29)27-11-13-32-21-10-3-2-9-20(21)27/h4-8,12,14,20-21H,2-3,9-11,13,15-16H2,1H3. The first-order valence-electron chi connectivity index (χ1n) is 11.4. The number of thioether (sulfide) groups is 1. The van der Waals surface area contributed by atoms with Crippen molar-refractivity contribution >= 4 is 17.7 Å². The van der Waals surface area contributed by atoms with Crippen LogP contribution in [0.1, 0.15) is 31.4 Å². The second kappa shape index (κ2) is 10.0. The van der Waals surface area contributed by atoms with Crippen molar-refractivity contribution in [2.45, 2.75) is 49.5 Å². The van der Waals surface area contributed by atoms with Gasteiger partial charge in [0.25, 0.3) is 0 Å². The predicted molar refractivity (Wildman–Crippen MR) is 124 cm³/mol. The number of fused-ring (bicyclic) bond motifs is 1. The van der Waals surface area contributed by atoms with Gasteiger partial charge in [-0.15, -0.1) is 10.2 Å². The minimum absolute atomic E-state index is 0.135. The summed E-state index contributed by atoms with van der Waals surface area (Å²) in [6.07, 6.45) is 6.24. The molecule has 2 atom stereocenters. The van der Waals surface area contributed by atoms with Gasteiger partial charge in [0, 0.05) is 12.1 Å². The molecule has 0 N–H and O–H groups in total. The van der Waals surface area contributed by atoms with Gasteiger partial charge in [0.15, 0.2) is 11.0 Å². The molecule has 33 heavy (non-hydrogen) atoms. The maximum absolute atomic E-state index is 13.2. The molecule has 1 aromatic carbocycles. The van der Waals surface area contributed by atoms with Crippen LogP contribution in [0.2, 0.25) is 0 Å². The molecule has 2 fully saturated rings. The summed E-state index contributed by atoms with van der Waals surface area (Å²) in [7, 11) is 1.64. The quantitative estimate of drug-likeness (QED) is 0.487. The highest BCUT2D eigenvalue weighted by Gasteiger charge is 2.36. The van der Waals surface area contributed by atoms with Gasteiger partial charge in [-0.25, -0.2) is 0 Å². The van der Waals surface area contributed by atoms with E-state index in [1.54, 1.807) is 13.4 Å². The first-order valence-corrected chi connectivity index (χ1v) is 12.4. The molecule has 9 heteroatoms. The van der Waals surface area contributed by atoms with Crippen LogP contribution in [0, 0.1) is 0 Å². The molecule has 3 heterocycles. The van der Waals surface area contributed by atoms with E-state index in [1.807, 2.05) is 45.9 Å². The number of hydrogen-bond acceptors (Lipinski definition) is 7. The second-order valence-electron chi connectivity index (χ2n) is 8.34. The topological polar surface area (TPSA) is 82.6 Å². The molecule has 1 amide bonds. The highest BCUT2D eigenvalue weighted by atomic mass is 32.2. The van der Waals surface area contributed by atoms with E-state index in [9.17, 15) is 4.79 Å². The number of carbonyl (C=O) groups is 1. The van der Waals surface area contributed by atoms with Crippen molar-refractivity contribution < 1.29 is 18.7 Å². The lowest BCUT2D eigenvalue weighted by Gasteiger charge is -2.43. The Kier molecular flexibility index (Phi) is 6.68. The fourth-order valence-corrected chi connectivity index (χ4v) is 5.51. The zero-order chi connectivity index (χ0) is 22.6. The Balaban J connectivity index is 1.36. The summed E-state index contributed by atoms with van der Waals surface area (Å²) in [6, 6.07) is 11.7. The van der Waals surface area contributed by atoms with Gasteiger partial charge in [-0.3, -0.25) is 9.36 Å². The van der Waals surface area contributed by atoms with Crippen LogP contribution in [0.4, 0.5) is 0 Å². The van der Waals surface area contributed by atoms with Crippen molar-refractivity contribution in [3.05, 3.63) is 48.4 Å². The molecule has 3 aromatic rings. The van der Waals surface area contributed by atoms with Crippen LogP contribution in [-0.4, -0.2) is 63.7 Å². The van der Waals surface area contributed by atoms with Crippen molar-refractivity contribution in [1.82, 2.24) is 19.7 Å². The highest BCUT2D eigenvalue weighted by Crippen LogP contribution is 2.31. The van der Waals surface area contributed by atoms with Gasteiger partial charge in [0.2, 0.25) is 5.91 Å². The summed E-state index contributed by atoms with van der Waals surface area (Å²) >= 11 is 1.42. The van der Waals surface area contributed by atoms with Crippen LogP contribution in [0.3, 0.4) is 0 Å². The third-order valence-electron chi connectivity index (χ3n) is 6.32. The van der Waals surface area contributed by atoms with Gasteiger partial charge in [-0.1, -0.05) is 36.7 Å². The molecular formula is C24H28N4O4S. The number of ether oxygens (including phenoxy) is 2. The molecule has 0 radical (unpaired) electrons. The molecule has 174 valence electrons. The number of nitrogens with zero attached hydrogens (tertiary/aromatic N) is 4. The Morgan fingerprint density at radius 2 is 2.12 bits per heavy atom. The van der Waals surface area contributed by atoms with Crippen LogP contribution in [0.25, 0.3) is 11.4 Å². The van der Waals surface area contributed by atoms with Crippen molar-refractivity contribution in [2.24, 2.45) is 0 Å². The highest BCUT2D eigenvalue weighted by molar-refractivity contribution is 7.99. The van der Waals surface area contributed by atoms with E-state index < -0.39 is 0 Å². The van der Waals surface area contributed by atoms with Gasteiger partial charge >= 0.3 is 0 Å². The molecule has 2 aromatic heterocycles. The number of methoxy groups -OCH3 is 1. The third-order valence-corrected chi connectivity index (χ3v) is 7.27. The summed E-state index contributed by atoms with van der Waals surface area (Å²) < 4.78 is 18.9. The first kappa shape index (κ1) is 22.0. The van der Waals surface area contributed by atoms with E-state index in [-0.39, 0.29) is 18.1 Å². The Morgan fingerprint density at radius 1 is 1.21 bits per heavy atom. The fourth-order valence-electron chi connectivity index (χ4n) is 4.69. The predicted octanol–water partition coefficient (Wildman–Crippen LogP) is 3.86. The average molecular weight is 469 g/mol. The molecule has 5 rings (SSSR count). The molecule has 0 spiro atoms. The summed E-state index contributed by atoms with van der Waals surface area (Å²) in [4.78, 5) is 15.2. The van der Waals surface area contributed by atoms with E-state index in [4.69, 9.17) is 13.9 Å². The molecular weight excluding hydrogens is 440 g/mol. The largest absolute Gasteiger partial charge is 0.497 e. The molecule has 0 bridgehead atoms. The lowest BCUT2D eigenvalue weighted by molar-refractivity contribution is -0.146. The maximum atomic E-state index is 13.2. The zero-order valence-electron chi connectivity index (χ0n) is 18.7. The van der Waals surface area contributed by atoms with Gasteiger partial charge < -0.3 is 18.8 Å². The third kappa shape index (κ3) is 4.79. The minimum Gasteiger partial charge on any atom is -0.497 e. The number of furan rings is 1. The van der Waals surface area contributed by atoms with Crippen LogP contribution >= 0.6 is 11.8 Å². The van der Waals surface area contributed by atoms with Crippen molar-refractivity contribution in [3.8, 4) is 17.1 Å². The van der Waals surface area contributed by atoms with Crippen molar-refractivity contribution in [2.75, 3.05) is 26.0 Å². The summed E-state index contributed by atoms with van der Waals surface area (Å²) in [5, 5.41) is 9.56. The number of morpholine rings is 1. The van der Waals surface area contributed by atoms with E-state index in [2.05, 4.69) is 10.2 Å². The van der Waals surface area contributed by atoms with Crippen LogP contribution in [-0.2, 0) is 16.1 Å². The first-order chi connectivity index (χ1) is 16.2. The second-order valence-corrected chi connectivity index (χ2v) is 9.28. The summed E-state index contributed by atoms with van der Waals surface area (Å²) in [6.45, 7) is 1.76. The molecule has 1 saturated heterocycles. The van der Waals surface area contributed by atoms with Gasteiger partial charge in [0.1, 0.15) is 11.5 Å². The molecule has 1 saturated carbocycles. The number of carbonyl (C=O) groups excluding carboxylic acids is 1. The van der Waals surface area contributed by atoms with Crippen molar-refractivity contribution in [3.63, 3.8) is 0 Å². The Labute approximate surface area is 197 Å². The maximum Gasteiger partial charge on any atom is 0.233 e. The average Bonchev–Trinajstić information content (AvgIpc) is 3.52. The molecule has 8 nitrogen and oxygen atoms in total. The van der Waals surface area contributed by atoms with E-state index in [1.165, 1.54) is 18.2 Å². The number of benzene rings is 1. The molecule has 2 unspecified atom stereocenters. The SMILES string of the molecule is COc1cccc(-c2nnc(SCC(=O)N3CCOC4CCCCC43)n2Cc2ccco2)c1. The van der Waals surface area contributed by atoms with Crippen LogP contribution in [0.15, 0.2) is 52.2 Å². The molecule has 1 aliphatic carbocycles. The number of amides is 1. The van der Waals surface area contributed by atoms with Crippen LogP contribution < -0.4 is 4.74 Å². The van der Waals surface area contributed by atoms with E-state index >= 15 is 0 Å². The Hall–Kier alpha value is -2.78. The lowest BCUT2D eigenvalue weighted by Crippen LogP contribution is -2.55. The van der Waals surface area contributed by atoms with Gasteiger partial charge in [-0.05, 0) is 37.1 Å². The summed E-state index contributed by atoms with van der Waals surface area (Å²) in [5.74, 6) is 2.70. The lowest BCUT2D eigenvalue weighted by atomic mass is 9.90. The number of rotatable bonds is 7. The van der Waals surface area contributed by atoms with E-state index in [0.717, 1.165) is 36.3 Å². The minimum atomic E-state index is 0.135. The zero-order valence-corrected chi connectivity index (χ0v) is 19.5. The fraction of sp³-hybridized carbons (Fsp3) is 0.458. The Morgan fingerprint density at radius 3 is 2.97 bits per heavy atom. The number of hydrogen-bond donors (Lipinski definition) is 0. The normalized spacial score (nSPS) is 20.5. The van der Waals surface area contributed by atoms with Crippen molar-refractivity contribution in [1.29, 1.82) is 0 Å². The Bertz CT molecular complexity index is 1080. The number of aromatic nitrogens is 3. The molecule has 2 aliphatic rings. The van der Waals surface area contributed by atoms with Gasteiger partial charge in [-0.2, -0.15) is 0 Å².